The smallest absolute Gasteiger partial charge is 0.200 e. The third-order valence-electron chi connectivity index (χ3n) is 2.51. The van der Waals surface area contributed by atoms with Gasteiger partial charge in [-0.2, -0.15) is 0 Å². The van der Waals surface area contributed by atoms with Crippen molar-refractivity contribution >= 4 is 5.69 Å². The SMILES string of the molecule is Cc1ccc(N)c(-c2c(F)c(F)c(F)c(F)c2F)n1. The number of halogens is 5. The summed E-state index contributed by atoms with van der Waals surface area (Å²) in [6, 6.07) is 2.72. The summed E-state index contributed by atoms with van der Waals surface area (Å²) in [7, 11) is 0. The zero-order valence-electron chi connectivity index (χ0n) is 9.57. The molecular formula is C12H7F5N2. The first-order valence-electron chi connectivity index (χ1n) is 5.09. The van der Waals surface area contributed by atoms with Gasteiger partial charge in [-0.05, 0) is 19.1 Å². The van der Waals surface area contributed by atoms with Gasteiger partial charge in [0.25, 0.3) is 0 Å². The third kappa shape index (κ3) is 2.00. The van der Waals surface area contributed by atoms with Gasteiger partial charge in [0.05, 0.1) is 16.9 Å². The van der Waals surface area contributed by atoms with Crippen LogP contribution in [-0.2, 0) is 0 Å². The maximum Gasteiger partial charge on any atom is 0.200 e. The van der Waals surface area contributed by atoms with E-state index in [1.165, 1.54) is 19.1 Å². The molecule has 100 valence electrons. The fourth-order valence-electron chi connectivity index (χ4n) is 1.58. The number of nitrogen functional groups attached to an aromatic ring is 1. The van der Waals surface area contributed by atoms with Crippen molar-refractivity contribution < 1.29 is 22.0 Å². The van der Waals surface area contributed by atoms with Gasteiger partial charge in [0, 0.05) is 5.69 Å². The van der Waals surface area contributed by atoms with Crippen LogP contribution in [0.4, 0.5) is 27.6 Å². The Balaban J connectivity index is 2.87. The van der Waals surface area contributed by atoms with Gasteiger partial charge in [0.15, 0.2) is 23.3 Å². The Hall–Kier alpha value is -2.18. The first-order chi connectivity index (χ1) is 8.84. The number of anilines is 1. The predicted molar refractivity (Wildman–Crippen MR) is 58.6 cm³/mol. The van der Waals surface area contributed by atoms with E-state index in [2.05, 4.69) is 4.98 Å². The van der Waals surface area contributed by atoms with Crippen molar-refractivity contribution in [1.82, 2.24) is 4.98 Å². The van der Waals surface area contributed by atoms with Crippen LogP contribution in [0.25, 0.3) is 11.3 Å². The number of aryl methyl sites for hydroxylation is 1. The highest BCUT2D eigenvalue weighted by molar-refractivity contribution is 5.73. The highest BCUT2D eigenvalue weighted by Crippen LogP contribution is 2.33. The summed E-state index contributed by atoms with van der Waals surface area (Å²) in [5, 5.41) is 0. The summed E-state index contributed by atoms with van der Waals surface area (Å²) in [6.45, 7) is 1.50. The molecule has 0 amide bonds. The monoisotopic (exact) mass is 274 g/mol. The molecule has 0 fully saturated rings. The Labute approximate surface area is 104 Å². The Kier molecular flexibility index (Phi) is 3.13. The van der Waals surface area contributed by atoms with Crippen LogP contribution < -0.4 is 5.73 Å². The zero-order valence-corrected chi connectivity index (χ0v) is 9.57. The molecule has 0 aliphatic carbocycles. The normalized spacial score (nSPS) is 10.8. The molecule has 2 rings (SSSR count). The second-order valence-corrected chi connectivity index (χ2v) is 3.84. The Morgan fingerprint density at radius 3 is 1.84 bits per heavy atom. The first-order valence-corrected chi connectivity index (χ1v) is 5.09. The minimum absolute atomic E-state index is 0.186. The van der Waals surface area contributed by atoms with E-state index >= 15 is 0 Å². The Morgan fingerprint density at radius 2 is 1.32 bits per heavy atom. The van der Waals surface area contributed by atoms with E-state index in [0.29, 0.717) is 5.69 Å². The zero-order chi connectivity index (χ0) is 14.3. The molecule has 1 heterocycles. The molecule has 0 atom stereocenters. The second kappa shape index (κ2) is 4.49. The lowest BCUT2D eigenvalue weighted by atomic mass is 10.1. The number of rotatable bonds is 1. The van der Waals surface area contributed by atoms with Crippen molar-refractivity contribution in [2.24, 2.45) is 0 Å². The van der Waals surface area contributed by atoms with Gasteiger partial charge in [-0.25, -0.2) is 22.0 Å². The summed E-state index contributed by atoms with van der Waals surface area (Å²) in [6.07, 6.45) is 0. The number of nitrogens with two attached hydrogens (primary N) is 1. The van der Waals surface area contributed by atoms with Gasteiger partial charge in [-0.15, -0.1) is 0 Å². The molecule has 0 saturated carbocycles. The number of hydrogen-bond acceptors (Lipinski definition) is 2. The molecule has 2 nitrogen and oxygen atoms in total. The van der Waals surface area contributed by atoms with Crippen molar-refractivity contribution in [3.63, 3.8) is 0 Å². The van der Waals surface area contributed by atoms with Crippen molar-refractivity contribution in [1.29, 1.82) is 0 Å². The van der Waals surface area contributed by atoms with Crippen LogP contribution >= 0.6 is 0 Å². The maximum atomic E-state index is 13.6. The van der Waals surface area contributed by atoms with Crippen LogP contribution in [0.15, 0.2) is 12.1 Å². The highest BCUT2D eigenvalue weighted by Gasteiger charge is 2.28. The molecule has 0 spiro atoms. The molecule has 1 aromatic carbocycles. The minimum Gasteiger partial charge on any atom is -0.397 e. The van der Waals surface area contributed by atoms with Gasteiger partial charge in [-0.3, -0.25) is 4.98 Å². The maximum absolute atomic E-state index is 13.6. The van der Waals surface area contributed by atoms with E-state index in [0.717, 1.165) is 0 Å². The molecular weight excluding hydrogens is 267 g/mol. The van der Waals surface area contributed by atoms with Crippen LogP contribution in [-0.4, -0.2) is 4.98 Å². The van der Waals surface area contributed by atoms with Crippen LogP contribution in [0, 0.1) is 36.0 Å². The molecule has 0 saturated heterocycles. The highest BCUT2D eigenvalue weighted by atomic mass is 19.2. The van der Waals surface area contributed by atoms with Crippen LogP contribution in [0.5, 0.6) is 0 Å². The van der Waals surface area contributed by atoms with Crippen molar-refractivity contribution in [2.45, 2.75) is 6.92 Å². The van der Waals surface area contributed by atoms with E-state index in [1.807, 2.05) is 0 Å². The molecule has 0 bridgehead atoms. The predicted octanol–water partition coefficient (Wildman–Crippen LogP) is 3.33. The van der Waals surface area contributed by atoms with E-state index < -0.39 is 40.3 Å². The molecule has 2 aromatic rings. The lowest BCUT2D eigenvalue weighted by molar-refractivity contribution is 0.381. The molecule has 0 radical (unpaired) electrons. The average Bonchev–Trinajstić information content (AvgIpc) is 2.38. The summed E-state index contributed by atoms with van der Waals surface area (Å²) in [5.74, 6) is -10.2. The third-order valence-corrected chi connectivity index (χ3v) is 2.51. The Bertz CT molecular complexity index is 641. The minimum atomic E-state index is -2.22. The summed E-state index contributed by atoms with van der Waals surface area (Å²) in [5.41, 5.74) is 4.00. The first kappa shape index (κ1) is 13.3. The molecule has 2 N–H and O–H groups in total. The molecule has 7 heteroatoms. The summed E-state index contributed by atoms with van der Waals surface area (Å²) >= 11 is 0. The number of hydrogen-bond donors (Lipinski definition) is 1. The molecule has 0 unspecified atom stereocenters. The summed E-state index contributed by atoms with van der Waals surface area (Å²) < 4.78 is 66.3. The average molecular weight is 274 g/mol. The van der Waals surface area contributed by atoms with E-state index in [-0.39, 0.29) is 5.69 Å². The van der Waals surface area contributed by atoms with E-state index in [9.17, 15) is 22.0 Å². The van der Waals surface area contributed by atoms with Gasteiger partial charge >= 0.3 is 0 Å². The molecule has 0 aliphatic heterocycles. The number of aromatic nitrogens is 1. The number of pyridine rings is 1. The Morgan fingerprint density at radius 1 is 0.842 bits per heavy atom. The lowest BCUT2D eigenvalue weighted by Gasteiger charge is -2.10. The summed E-state index contributed by atoms with van der Waals surface area (Å²) in [4.78, 5) is 3.72. The number of nitrogens with zero attached hydrogens (tertiary/aromatic N) is 1. The number of benzene rings is 1. The standard InChI is InChI=1S/C12H7F5N2/c1-4-2-3-5(18)12(19-4)6-7(13)9(15)11(17)10(16)8(6)14/h2-3H,18H2,1H3. The largest absolute Gasteiger partial charge is 0.397 e. The van der Waals surface area contributed by atoms with Crippen molar-refractivity contribution in [3.8, 4) is 11.3 Å². The van der Waals surface area contributed by atoms with Crippen molar-refractivity contribution in [3.05, 3.63) is 46.9 Å². The second-order valence-electron chi connectivity index (χ2n) is 3.84. The van der Waals surface area contributed by atoms with E-state index in [1.54, 1.807) is 0 Å². The van der Waals surface area contributed by atoms with E-state index in [4.69, 9.17) is 5.73 Å². The fraction of sp³-hybridized carbons (Fsp3) is 0.0833. The van der Waals surface area contributed by atoms with Crippen molar-refractivity contribution in [2.75, 3.05) is 5.73 Å². The quantitative estimate of drug-likeness (QED) is 0.492. The van der Waals surface area contributed by atoms with Crippen LogP contribution in [0.3, 0.4) is 0 Å². The topological polar surface area (TPSA) is 38.9 Å². The van der Waals surface area contributed by atoms with Crippen LogP contribution in [0.2, 0.25) is 0 Å². The van der Waals surface area contributed by atoms with Gasteiger partial charge in [0.1, 0.15) is 0 Å². The molecule has 19 heavy (non-hydrogen) atoms. The molecule has 1 aromatic heterocycles. The van der Waals surface area contributed by atoms with Gasteiger partial charge in [0.2, 0.25) is 5.82 Å². The fourth-order valence-corrected chi connectivity index (χ4v) is 1.58. The van der Waals surface area contributed by atoms with Gasteiger partial charge in [-0.1, -0.05) is 0 Å². The van der Waals surface area contributed by atoms with Gasteiger partial charge < -0.3 is 5.73 Å². The molecule has 0 aliphatic rings. The lowest BCUT2D eigenvalue weighted by Crippen LogP contribution is -2.06. The van der Waals surface area contributed by atoms with Crippen LogP contribution in [0.1, 0.15) is 5.69 Å².